The van der Waals surface area contributed by atoms with Crippen molar-refractivity contribution in [1.82, 2.24) is 29.9 Å². The molecule has 0 bridgehead atoms. The number of piperidine rings is 1. The first-order chi connectivity index (χ1) is 29.3. The first kappa shape index (κ1) is 52.8. The Balaban J connectivity index is 1.85. The number of nitrogens with one attached hydrogen (secondary N) is 1. The van der Waals surface area contributed by atoms with Crippen molar-refractivity contribution < 1.29 is 38.1 Å². The molecular formula is C45H75BrN8O8Si2. The highest BCUT2D eigenvalue weighted by Gasteiger charge is 2.39. The van der Waals surface area contributed by atoms with E-state index in [1.807, 2.05) is 25.7 Å². The lowest BCUT2D eigenvalue weighted by atomic mass is 9.85. The van der Waals surface area contributed by atoms with E-state index in [1.54, 1.807) is 70.6 Å². The van der Waals surface area contributed by atoms with Crippen LogP contribution in [0.3, 0.4) is 0 Å². The number of halogens is 1. The molecule has 1 N–H and O–H groups in total. The van der Waals surface area contributed by atoms with Gasteiger partial charge >= 0.3 is 18.3 Å². The maximum atomic E-state index is 13.5. The molecule has 4 heterocycles. The third kappa shape index (κ3) is 15.7. The summed E-state index contributed by atoms with van der Waals surface area (Å²) in [7, 11) is -2.75. The van der Waals surface area contributed by atoms with Gasteiger partial charge in [-0.15, -0.1) is 0 Å². The number of likely N-dealkylation sites (tertiary alicyclic amines) is 1. The van der Waals surface area contributed by atoms with Gasteiger partial charge in [-0.25, -0.2) is 29.8 Å². The molecule has 0 aliphatic carbocycles. The monoisotopic (exact) mass is 990 g/mol. The van der Waals surface area contributed by atoms with E-state index < -0.39 is 45.1 Å². The third-order valence-corrected chi connectivity index (χ3v) is 14.2. The molecule has 64 heavy (non-hydrogen) atoms. The maximum absolute atomic E-state index is 13.5. The molecule has 0 saturated carbocycles. The second-order valence-corrected chi connectivity index (χ2v) is 34.3. The van der Waals surface area contributed by atoms with Crippen molar-refractivity contribution in [2.24, 2.45) is 0 Å². The lowest BCUT2D eigenvalue weighted by Gasteiger charge is -2.43. The summed E-state index contributed by atoms with van der Waals surface area (Å²) in [6, 6.07) is 5.15. The lowest BCUT2D eigenvalue weighted by molar-refractivity contribution is -0.00280. The number of amides is 3. The van der Waals surface area contributed by atoms with E-state index in [0.717, 1.165) is 33.1 Å². The third-order valence-electron chi connectivity index (χ3n) is 10.0. The van der Waals surface area contributed by atoms with E-state index in [1.165, 1.54) is 0 Å². The fraction of sp³-hybridized carbons (Fsp3) is 0.689. The highest BCUT2D eigenvalue weighted by molar-refractivity contribution is 9.10. The highest BCUT2D eigenvalue weighted by atomic mass is 79.9. The molecule has 16 nitrogen and oxygen atoms in total. The Labute approximate surface area is 391 Å². The van der Waals surface area contributed by atoms with E-state index in [4.69, 9.17) is 33.8 Å². The van der Waals surface area contributed by atoms with Crippen LogP contribution in [0.25, 0.3) is 16.8 Å². The summed E-state index contributed by atoms with van der Waals surface area (Å²) in [5.41, 5.74) is 2.95. The van der Waals surface area contributed by atoms with E-state index in [9.17, 15) is 14.4 Å². The molecule has 0 aromatic carbocycles. The Morgan fingerprint density at radius 3 is 1.80 bits per heavy atom. The fourth-order valence-electron chi connectivity index (χ4n) is 7.04. The van der Waals surface area contributed by atoms with Crippen LogP contribution < -0.4 is 15.3 Å². The number of rotatable bonds is 14. The van der Waals surface area contributed by atoms with Crippen LogP contribution in [-0.2, 0) is 23.7 Å². The predicted molar refractivity (Wildman–Crippen MR) is 261 cm³/mol. The predicted octanol–water partition coefficient (Wildman–Crippen LogP) is 11.1. The van der Waals surface area contributed by atoms with Crippen LogP contribution in [0, 0.1) is 0 Å². The summed E-state index contributed by atoms with van der Waals surface area (Å²) in [5, 5.41) is 5.86. The summed E-state index contributed by atoms with van der Waals surface area (Å²) in [6.45, 7) is 35.9. The Morgan fingerprint density at radius 2 is 1.33 bits per heavy atom. The van der Waals surface area contributed by atoms with Crippen LogP contribution in [0.1, 0.15) is 101 Å². The van der Waals surface area contributed by atoms with Crippen molar-refractivity contribution in [3.63, 3.8) is 0 Å². The number of nitrogens with zero attached hydrogens (tertiary/aromatic N) is 7. The van der Waals surface area contributed by atoms with Crippen LogP contribution in [-0.4, -0.2) is 114 Å². The topological polar surface area (TPSA) is 162 Å². The minimum Gasteiger partial charge on any atom is -0.444 e. The number of fused-ring (bicyclic) bond motifs is 1. The first-order valence-corrected chi connectivity index (χ1v) is 30.5. The zero-order valence-corrected chi connectivity index (χ0v) is 45.1. The molecule has 19 heteroatoms. The van der Waals surface area contributed by atoms with Crippen LogP contribution >= 0.6 is 15.9 Å². The number of carbonyl (C=O) groups is 3. The molecule has 0 spiro atoms. The average Bonchev–Trinajstić information content (AvgIpc) is 3.53. The largest absolute Gasteiger partial charge is 0.444 e. The molecule has 0 radical (unpaired) electrons. The zero-order valence-electron chi connectivity index (χ0n) is 41.5. The van der Waals surface area contributed by atoms with Crippen molar-refractivity contribution in [3.8, 4) is 11.1 Å². The van der Waals surface area contributed by atoms with Crippen LogP contribution in [0.5, 0.6) is 0 Å². The molecule has 0 unspecified atom stereocenters. The molecule has 4 rings (SSSR count). The van der Waals surface area contributed by atoms with Crippen LogP contribution in [0.15, 0.2) is 29.0 Å². The maximum Gasteiger partial charge on any atom is 0.435 e. The quantitative estimate of drug-likeness (QED) is 0.0536. The van der Waals surface area contributed by atoms with Gasteiger partial charge in [-0.2, -0.15) is 14.6 Å². The average molecular weight is 992 g/mol. The van der Waals surface area contributed by atoms with Gasteiger partial charge in [-0.05, 0) is 129 Å². The van der Waals surface area contributed by atoms with Crippen molar-refractivity contribution in [2.75, 3.05) is 36.6 Å². The minimum absolute atomic E-state index is 0.0474. The number of pyridine rings is 1. The SMILES string of the molecule is C[C@@H]1C[C@@H](c2nc3c(-c4ccc(N(NC(=O)OC(C)(C)C)C(=O)OC(C)(C)C)nc4)cnn3c(N(COCC[Si](C)(C)C)COCC[Si](C)(C)C)c2Br)C[C@H](C)N1C(=O)OC(C)(C)C. The van der Waals surface area contributed by atoms with E-state index in [0.29, 0.717) is 42.8 Å². The van der Waals surface area contributed by atoms with E-state index in [-0.39, 0.29) is 43.4 Å². The second-order valence-electron chi connectivity index (χ2n) is 22.3. The first-order valence-electron chi connectivity index (χ1n) is 22.3. The van der Waals surface area contributed by atoms with Gasteiger partial charge in [-0.3, -0.25) is 0 Å². The molecule has 1 aliphatic rings. The summed E-state index contributed by atoms with van der Waals surface area (Å²) < 4.78 is 32.3. The summed E-state index contributed by atoms with van der Waals surface area (Å²) in [4.78, 5) is 53.7. The Morgan fingerprint density at radius 1 is 0.797 bits per heavy atom. The molecule has 3 aromatic heterocycles. The number of anilines is 2. The Kier molecular flexibility index (Phi) is 17.2. The number of hydrogen-bond donors (Lipinski definition) is 1. The number of hydrogen-bond acceptors (Lipinski definition) is 12. The van der Waals surface area contributed by atoms with Gasteiger partial charge in [0, 0.05) is 64.7 Å². The number of carbonyl (C=O) groups excluding carboxylic acids is 3. The minimum atomic E-state index is -1.37. The normalized spacial score (nSPS) is 17.6. The van der Waals surface area contributed by atoms with Crippen molar-refractivity contribution >= 4 is 67.6 Å². The smallest absolute Gasteiger partial charge is 0.435 e. The molecular weight excluding hydrogens is 917 g/mol. The van der Waals surface area contributed by atoms with Gasteiger partial charge in [0.2, 0.25) is 0 Å². The number of ether oxygens (including phenoxy) is 5. The summed E-state index contributed by atoms with van der Waals surface area (Å²) in [6.07, 6.45) is 2.63. The van der Waals surface area contributed by atoms with Gasteiger partial charge in [0.15, 0.2) is 17.3 Å². The van der Waals surface area contributed by atoms with Crippen molar-refractivity contribution in [2.45, 2.75) is 175 Å². The Bertz CT molecular complexity index is 2040. The second kappa shape index (κ2) is 20.8. The number of hydrazine groups is 1. The van der Waals surface area contributed by atoms with Crippen LogP contribution in [0.4, 0.5) is 26.0 Å². The van der Waals surface area contributed by atoms with Crippen molar-refractivity contribution in [3.05, 3.63) is 34.7 Å². The summed E-state index contributed by atoms with van der Waals surface area (Å²) >= 11 is 4.03. The van der Waals surface area contributed by atoms with Crippen LogP contribution in [0.2, 0.25) is 51.4 Å². The molecule has 3 aromatic rings. The van der Waals surface area contributed by atoms with Gasteiger partial charge in [0.1, 0.15) is 30.3 Å². The lowest BCUT2D eigenvalue weighted by Crippen LogP contribution is -2.51. The molecule has 3 amide bonds. The van der Waals surface area contributed by atoms with Gasteiger partial charge < -0.3 is 33.5 Å². The number of aromatic nitrogens is 4. The fourth-order valence-corrected chi connectivity index (χ4v) is 9.39. The highest BCUT2D eigenvalue weighted by Crippen LogP contribution is 2.42. The van der Waals surface area contributed by atoms with E-state index >= 15 is 0 Å². The molecule has 1 aliphatic heterocycles. The summed E-state index contributed by atoms with van der Waals surface area (Å²) in [5.74, 6) is 0.785. The molecule has 1 saturated heterocycles. The molecule has 1 fully saturated rings. The van der Waals surface area contributed by atoms with Gasteiger partial charge in [0.25, 0.3) is 0 Å². The van der Waals surface area contributed by atoms with Gasteiger partial charge in [-0.1, -0.05) is 39.3 Å². The molecule has 3 atom stereocenters. The van der Waals surface area contributed by atoms with E-state index in [2.05, 4.69) is 84.4 Å². The van der Waals surface area contributed by atoms with Gasteiger partial charge in [0.05, 0.1) is 16.4 Å². The Hall–Kier alpha value is -3.79. The standard InChI is InChI=1S/C45H75BrN8O8Si2/c1-30-24-33(25-31(2)52(30)41(56)61-44(6,7)8)37-36(46)39(51(28-58-20-22-63(12,13)14)29-59-21-23-64(15,16)17)54-38(49-37)34(27-48-54)32-18-19-35(47-26-32)53(42(57)62-45(9,10)11)50-40(55)60-43(3,4)5/h18-19,26-27,30-31,33H,20-25,28-29H2,1-17H3,(H,50,55)/t30-,31+,33-. The molecule has 358 valence electrons. The van der Waals surface area contributed by atoms with Crippen molar-refractivity contribution in [1.29, 1.82) is 0 Å². The zero-order chi connectivity index (χ0) is 48.2.